The van der Waals surface area contributed by atoms with Gasteiger partial charge in [0.05, 0.1) is 19.4 Å². The average Bonchev–Trinajstić information content (AvgIpc) is 3.03. The van der Waals surface area contributed by atoms with Crippen molar-refractivity contribution in [3.05, 3.63) is 41.2 Å². The molecule has 7 nitrogen and oxygen atoms in total. The summed E-state index contributed by atoms with van der Waals surface area (Å²) in [4.78, 5) is 6.52. The molecule has 8 heteroatoms. The Morgan fingerprint density at radius 1 is 1.31 bits per heavy atom. The van der Waals surface area contributed by atoms with E-state index < -0.39 is 0 Å². The van der Waals surface area contributed by atoms with E-state index in [1.54, 1.807) is 14.2 Å². The molecule has 2 aromatic rings. The molecule has 0 fully saturated rings. The minimum absolute atomic E-state index is 0. The third kappa shape index (κ3) is 6.80. The van der Waals surface area contributed by atoms with E-state index >= 15 is 0 Å². The zero-order chi connectivity index (χ0) is 20.7. The fourth-order valence-electron chi connectivity index (χ4n) is 3.16. The molecule has 0 aliphatic carbocycles. The molecule has 0 amide bonds. The van der Waals surface area contributed by atoms with Gasteiger partial charge in [-0.25, -0.2) is 0 Å². The normalized spacial score (nSPS) is 11.2. The fourth-order valence-corrected chi connectivity index (χ4v) is 3.16. The zero-order valence-corrected chi connectivity index (χ0v) is 20.9. The summed E-state index contributed by atoms with van der Waals surface area (Å²) in [5.74, 6) is 2.71. The lowest BCUT2D eigenvalue weighted by molar-refractivity contribution is 0.310. The maximum atomic E-state index is 5.58. The van der Waals surface area contributed by atoms with E-state index in [0.717, 1.165) is 35.3 Å². The highest BCUT2D eigenvalue weighted by atomic mass is 127. The summed E-state index contributed by atoms with van der Waals surface area (Å²) in [6.07, 6.45) is 2.08. The number of guanidine groups is 1. The van der Waals surface area contributed by atoms with E-state index in [1.165, 1.54) is 5.56 Å². The molecule has 0 aliphatic heterocycles. The lowest BCUT2D eigenvalue weighted by Gasteiger charge is -2.22. The highest BCUT2D eigenvalue weighted by Gasteiger charge is 2.15. The predicted molar refractivity (Wildman–Crippen MR) is 129 cm³/mol. The first-order valence-electron chi connectivity index (χ1n) is 9.63. The largest absolute Gasteiger partial charge is 0.493 e. The molecule has 0 radical (unpaired) electrons. The summed E-state index contributed by atoms with van der Waals surface area (Å²) in [5.41, 5.74) is 3.44. The van der Waals surface area contributed by atoms with E-state index in [2.05, 4.69) is 40.4 Å². The molecule has 1 heterocycles. The van der Waals surface area contributed by atoms with Crippen LogP contribution >= 0.6 is 24.0 Å². The van der Waals surface area contributed by atoms with Crippen LogP contribution in [-0.4, -0.2) is 48.5 Å². The predicted octanol–water partition coefficient (Wildman–Crippen LogP) is 3.78. The Hall–Kier alpha value is -1.97. The molecule has 1 aromatic carbocycles. The monoisotopic (exact) mass is 515 g/mol. The first-order valence-corrected chi connectivity index (χ1v) is 9.63. The maximum Gasteiger partial charge on any atom is 0.193 e. The Morgan fingerprint density at radius 3 is 2.62 bits per heavy atom. The number of rotatable bonds is 8. The quantitative estimate of drug-likeness (QED) is 0.330. The van der Waals surface area contributed by atoms with Gasteiger partial charge in [-0.3, -0.25) is 9.67 Å². The highest BCUT2D eigenvalue weighted by Crippen LogP contribution is 2.28. The van der Waals surface area contributed by atoms with Crippen molar-refractivity contribution in [1.29, 1.82) is 0 Å². The number of aromatic nitrogens is 2. The number of ether oxygens (including phenoxy) is 2. The molecule has 162 valence electrons. The molecule has 0 saturated heterocycles. The van der Waals surface area contributed by atoms with Crippen molar-refractivity contribution in [3.8, 4) is 11.5 Å². The summed E-state index contributed by atoms with van der Waals surface area (Å²) in [7, 11) is 7.44. The van der Waals surface area contributed by atoms with Crippen molar-refractivity contribution < 1.29 is 9.47 Å². The van der Waals surface area contributed by atoms with E-state index in [9.17, 15) is 0 Å². The van der Waals surface area contributed by atoms with Crippen LogP contribution in [0.4, 0.5) is 0 Å². The van der Waals surface area contributed by atoms with Crippen molar-refractivity contribution in [2.24, 2.45) is 12.0 Å². The summed E-state index contributed by atoms with van der Waals surface area (Å²) < 4.78 is 12.9. The third-order valence-electron chi connectivity index (χ3n) is 4.44. The minimum atomic E-state index is 0. The van der Waals surface area contributed by atoms with Crippen LogP contribution in [0.3, 0.4) is 0 Å². The van der Waals surface area contributed by atoms with Crippen LogP contribution in [0, 0.1) is 0 Å². The number of aryl methyl sites for hydroxylation is 1. The summed E-state index contributed by atoms with van der Waals surface area (Å²) >= 11 is 0. The number of nitrogens with zero attached hydrogens (tertiary/aromatic N) is 4. The first kappa shape index (κ1) is 25.1. The summed E-state index contributed by atoms with van der Waals surface area (Å²) in [6, 6.07) is 5.96. The second-order valence-electron chi connectivity index (χ2n) is 7.04. The van der Waals surface area contributed by atoms with Crippen molar-refractivity contribution >= 4 is 29.9 Å². The molecule has 29 heavy (non-hydrogen) atoms. The molecule has 2 rings (SSSR count). The molecular weight excluding hydrogens is 481 g/mol. The second kappa shape index (κ2) is 11.9. The number of hydrogen-bond acceptors (Lipinski definition) is 4. The standard InChI is InChI=1S/C21H33N5O2.HI/c1-8-28-18-10-9-16(11-19(18)27-7)12-23-21(22-4)25(5)13-17-14-26(6)24-20(17)15(2)3;/h9-11,14-15H,8,12-13H2,1-7H3,(H,22,23);1H. The number of aliphatic imine (C=N–C) groups is 1. The number of methoxy groups -OCH3 is 1. The van der Waals surface area contributed by atoms with Gasteiger partial charge in [-0.05, 0) is 30.5 Å². The first-order chi connectivity index (χ1) is 13.4. The summed E-state index contributed by atoms with van der Waals surface area (Å²) in [5, 5.41) is 8.00. The molecule has 0 atom stereocenters. The lowest BCUT2D eigenvalue weighted by Crippen LogP contribution is -2.38. The van der Waals surface area contributed by atoms with Crippen LogP contribution in [0.2, 0.25) is 0 Å². The maximum absolute atomic E-state index is 5.58. The molecule has 0 unspecified atom stereocenters. The van der Waals surface area contributed by atoms with Gasteiger partial charge in [0.1, 0.15) is 0 Å². The zero-order valence-electron chi connectivity index (χ0n) is 18.5. The van der Waals surface area contributed by atoms with Crippen molar-refractivity contribution in [2.45, 2.75) is 39.8 Å². The van der Waals surface area contributed by atoms with E-state index in [-0.39, 0.29) is 24.0 Å². The number of hydrogen-bond donors (Lipinski definition) is 1. The van der Waals surface area contributed by atoms with Gasteiger partial charge < -0.3 is 19.7 Å². The van der Waals surface area contributed by atoms with Gasteiger partial charge in [0, 0.05) is 46.0 Å². The third-order valence-corrected chi connectivity index (χ3v) is 4.44. The van der Waals surface area contributed by atoms with Gasteiger partial charge in [-0.15, -0.1) is 24.0 Å². The summed E-state index contributed by atoms with van der Waals surface area (Å²) in [6.45, 7) is 8.29. The Morgan fingerprint density at radius 2 is 2.03 bits per heavy atom. The van der Waals surface area contributed by atoms with Crippen LogP contribution in [-0.2, 0) is 20.1 Å². The number of halogens is 1. The fraction of sp³-hybridized carbons (Fsp3) is 0.524. The van der Waals surface area contributed by atoms with Crippen molar-refractivity contribution in [3.63, 3.8) is 0 Å². The van der Waals surface area contributed by atoms with Crippen LogP contribution in [0.1, 0.15) is 43.5 Å². The average molecular weight is 515 g/mol. The van der Waals surface area contributed by atoms with Gasteiger partial charge in [0.2, 0.25) is 0 Å². The Labute approximate surface area is 191 Å². The van der Waals surface area contributed by atoms with Crippen LogP contribution in [0.5, 0.6) is 11.5 Å². The molecule has 0 bridgehead atoms. The number of benzene rings is 1. The Kier molecular flexibility index (Phi) is 10.3. The van der Waals surface area contributed by atoms with Crippen LogP contribution in [0.15, 0.2) is 29.4 Å². The lowest BCUT2D eigenvalue weighted by atomic mass is 10.1. The Bertz CT molecular complexity index is 804. The molecule has 1 N–H and O–H groups in total. The topological polar surface area (TPSA) is 63.9 Å². The molecule has 1 aromatic heterocycles. The highest BCUT2D eigenvalue weighted by molar-refractivity contribution is 14.0. The van der Waals surface area contributed by atoms with Gasteiger partial charge in [-0.2, -0.15) is 5.10 Å². The van der Waals surface area contributed by atoms with E-state index in [0.29, 0.717) is 19.1 Å². The molecule has 0 spiro atoms. The van der Waals surface area contributed by atoms with Gasteiger partial charge >= 0.3 is 0 Å². The molecular formula is C21H34IN5O2. The molecule has 0 aliphatic rings. The smallest absolute Gasteiger partial charge is 0.193 e. The molecule has 0 saturated carbocycles. The van der Waals surface area contributed by atoms with Gasteiger partial charge in [-0.1, -0.05) is 19.9 Å². The van der Waals surface area contributed by atoms with E-state index in [4.69, 9.17) is 9.47 Å². The van der Waals surface area contributed by atoms with Crippen LogP contribution < -0.4 is 14.8 Å². The van der Waals surface area contributed by atoms with Crippen molar-refractivity contribution in [2.75, 3.05) is 27.8 Å². The van der Waals surface area contributed by atoms with Crippen LogP contribution in [0.25, 0.3) is 0 Å². The number of nitrogens with one attached hydrogen (secondary N) is 1. The van der Waals surface area contributed by atoms with Crippen molar-refractivity contribution in [1.82, 2.24) is 20.0 Å². The van der Waals surface area contributed by atoms with Gasteiger partial charge in [0.15, 0.2) is 17.5 Å². The second-order valence-corrected chi connectivity index (χ2v) is 7.04. The van der Waals surface area contributed by atoms with E-state index in [1.807, 2.05) is 43.9 Å². The minimum Gasteiger partial charge on any atom is -0.493 e. The Balaban J connectivity index is 0.00000420. The SMILES string of the molecule is CCOc1ccc(CNC(=NC)N(C)Cc2cn(C)nc2C(C)C)cc1OC.I. The van der Waals surface area contributed by atoms with Gasteiger partial charge in [0.25, 0.3) is 0 Å².